The fourth-order valence-electron chi connectivity index (χ4n) is 1.20. The van der Waals surface area contributed by atoms with Crippen LogP contribution in [0.5, 0.6) is 0 Å². The monoisotopic (exact) mass is 374 g/mol. The van der Waals surface area contributed by atoms with Gasteiger partial charge in [0.1, 0.15) is 10.8 Å². The first-order chi connectivity index (χ1) is 7.88. The molecule has 1 heterocycles. The molecule has 0 unspecified atom stereocenters. The topological polar surface area (TPSA) is 25.8 Å². The van der Waals surface area contributed by atoms with Gasteiger partial charge in [0.15, 0.2) is 3.01 Å². The van der Waals surface area contributed by atoms with Gasteiger partial charge in [0.2, 0.25) is 0 Å². The second-order valence-electron chi connectivity index (χ2n) is 3.05. The van der Waals surface area contributed by atoms with Crippen molar-refractivity contribution in [3.05, 3.63) is 32.6 Å². The Morgan fingerprint density at radius 2 is 1.88 bits per heavy atom. The van der Waals surface area contributed by atoms with Crippen molar-refractivity contribution in [3.63, 3.8) is 0 Å². The molecule has 1 aromatic heterocycles. The third kappa shape index (κ3) is 2.73. The number of benzene rings is 1. The van der Waals surface area contributed by atoms with Crippen molar-refractivity contribution in [2.75, 3.05) is 0 Å². The lowest BCUT2D eigenvalue weighted by Gasteiger charge is -2.08. The molecule has 17 heavy (non-hydrogen) atoms. The minimum Gasteiger partial charge on any atom is -0.206 e. The van der Waals surface area contributed by atoms with Gasteiger partial charge in [-0.1, -0.05) is 11.3 Å². The third-order valence-electron chi connectivity index (χ3n) is 1.92. The lowest BCUT2D eigenvalue weighted by atomic mass is 10.1. The highest BCUT2D eigenvalue weighted by Crippen LogP contribution is 2.34. The van der Waals surface area contributed by atoms with Gasteiger partial charge in [-0.05, 0) is 40.8 Å². The Labute approximate surface area is 111 Å². The summed E-state index contributed by atoms with van der Waals surface area (Å²) in [6.45, 7) is 0. The fourth-order valence-corrected chi connectivity index (χ4v) is 2.50. The van der Waals surface area contributed by atoms with Gasteiger partial charge in [-0.2, -0.15) is 13.2 Å². The van der Waals surface area contributed by atoms with Gasteiger partial charge in [-0.3, -0.25) is 0 Å². The number of halogens is 5. The predicted molar refractivity (Wildman–Crippen MR) is 63.0 cm³/mol. The van der Waals surface area contributed by atoms with Crippen LogP contribution in [0, 0.1) is 8.83 Å². The Kier molecular flexibility index (Phi) is 3.34. The normalized spacial score (nSPS) is 11.8. The third-order valence-corrected chi connectivity index (χ3v) is 3.56. The smallest absolute Gasteiger partial charge is 0.206 e. The number of nitrogens with zero attached hydrogens (tertiary/aromatic N) is 2. The minimum atomic E-state index is -4.71. The van der Waals surface area contributed by atoms with Crippen LogP contribution in [0.3, 0.4) is 0 Å². The van der Waals surface area contributed by atoms with E-state index in [-0.39, 0.29) is 5.56 Å². The van der Waals surface area contributed by atoms with Crippen LogP contribution in [-0.4, -0.2) is 10.2 Å². The highest BCUT2D eigenvalue weighted by Gasteiger charge is 2.34. The van der Waals surface area contributed by atoms with Crippen molar-refractivity contribution in [2.24, 2.45) is 0 Å². The van der Waals surface area contributed by atoms with E-state index < -0.39 is 17.6 Å². The molecule has 0 N–H and O–H groups in total. The Hall–Kier alpha value is -0.770. The summed E-state index contributed by atoms with van der Waals surface area (Å²) in [6, 6.07) is 2.78. The van der Waals surface area contributed by atoms with E-state index in [1.165, 1.54) is 6.07 Å². The molecule has 0 saturated carbocycles. The Balaban J connectivity index is 2.51. The van der Waals surface area contributed by atoms with Gasteiger partial charge >= 0.3 is 6.18 Å². The zero-order valence-electron chi connectivity index (χ0n) is 7.92. The van der Waals surface area contributed by atoms with Crippen molar-refractivity contribution in [1.82, 2.24) is 10.2 Å². The second kappa shape index (κ2) is 4.48. The van der Waals surface area contributed by atoms with E-state index in [4.69, 9.17) is 0 Å². The van der Waals surface area contributed by atoms with Crippen LogP contribution in [0.25, 0.3) is 10.6 Å². The predicted octanol–water partition coefficient (Wildman–Crippen LogP) is 3.97. The molecule has 2 nitrogen and oxygen atoms in total. The molecule has 0 spiro atoms. The molecule has 90 valence electrons. The molecule has 0 aliphatic rings. The molecule has 0 atom stereocenters. The standard InChI is InChI=1S/C9H3F4IN2S/c10-6-2-1-4(3-5(6)9(11,12)13)7-15-16-8(14)17-7/h1-3H. The fraction of sp³-hybridized carbons (Fsp3) is 0.111. The summed E-state index contributed by atoms with van der Waals surface area (Å²) in [4.78, 5) is 0. The van der Waals surface area contributed by atoms with Crippen molar-refractivity contribution in [1.29, 1.82) is 0 Å². The lowest BCUT2D eigenvalue weighted by molar-refractivity contribution is -0.139. The van der Waals surface area contributed by atoms with Gasteiger partial charge in [-0.25, -0.2) is 4.39 Å². The van der Waals surface area contributed by atoms with Gasteiger partial charge in [0.25, 0.3) is 0 Å². The summed E-state index contributed by atoms with van der Waals surface area (Å²) >= 11 is 3.05. The lowest BCUT2D eigenvalue weighted by Crippen LogP contribution is -2.08. The van der Waals surface area contributed by atoms with E-state index in [2.05, 4.69) is 10.2 Å². The maximum absolute atomic E-state index is 13.0. The molecular weight excluding hydrogens is 371 g/mol. The molecule has 0 aliphatic carbocycles. The molecule has 0 radical (unpaired) electrons. The molecule has 0 bridgehead atoms. The summed E-state index contributed by atoms with van der Waals surface area (Å²) in [7, 11) is 0. The highest BCUT2D eigenvalue weighted by atomic mass is 127. The molecule has 8 heteroatoms. The van der Waals surface area contributed by atoms with Crippen LogP contribution in [0.4, 0.5) is 17.6 Å². The molecule has 1 aromatic carbocycles. The van der Waals surface area contributed by atoms with Gasteiger partial charge in [0, 0.05) is 5.56 Å². The molecule has 2 rings (SSSR count). The number of rotatable bonds is 1. The van der Waals surface area contributed by atoms with E-state index in [1.807, 2.05) is 22.6 Å². The van der Waals surface area contributed by atoms with E-state index >= 15 is 0 Å². The largest absolute Gasteiger partial charge is 0.419 e. The number of aromatic nitrogens is 2. The van der Waals surface area contributed by atoms with Crippen LogP contribution in [0.15, 0.2) is 18.2 Å². The number of alkyl halides is 3. The molecule has 0 aliphatic heterocycles. The highest BCUT2D eigenvalue weighted by molar-refractivity contribution is 14.1. The number of hydrogen-bond donors (Lipinski definition) is 0. The van der Waals surface area contributed by atoms with Crippen molar-refractivity contribution < 1.29 is 17.6 Å². The summed E-state index contributed by atoms with van der Waals surface area (Å²) in [5, 5.41) is 7.73. The first-order valence-electron chi connectivity index (χ1n) is 4.24. The first-order valence-corrected chi connectivity index (χ1v) is 6.13. The summed E-state index contributed by atoms with van der Waals surface area (Å²) < 4.78 is 51.1. The van der Waals surface area contributed by atoms with Crippen molar-refractivity contribution in [2.45, 2.75) is 6.18 Å². The van der Waals surface area contributed by atoms with Crippen molar-refractivity contribution >= 4 is 33.9 Å². The number of hydrogen-bond acceptors (Lipinski definition) is 3. The van der Waals surface area contributed by atoms with Crippen LogP contribution in [0.2, 0.25) is 0 Å². The molecule has 0 fully saturated rings. The van der Waals surface area contributed by atoms with Crippen LogP contribution < -0.4 is 0 Å². The van der Waals surface area contributed by atoms with E-state index in [9.17, 15) is 17.6 Å². The second-order valence-corrected chi connectivity index (χ2v) is 5.78. The molecule has 0 saturated heterocycles. The van der Waals surface area contributed by atoms with Crippen LogP contribution in [-0.2, 0) is 6.18 Å². The first kappa shape index (κ1) is 12.7. The summed E-state index contributed by atoms with van der Waals surface area (Å²) in [5.41, 5.74) is -1.08. The maximum Gasteiger partial charge on any atom is 0.419 e. The average Bonchev–Trinajstić information content (AvgIpc) is 2.64. The maximum atomic E-state index is 13.0. The zero-order chi connectivity index (χ0) is 12.6. The average molecular weight is 374 g/mol. The zero-order valence-corrected chi connectivity index (χ0v) is 10.9. The SMILES string of the molecule is Fc1ccc(-c2nnc(I)s2)cc1C(F)(F)F. The molecule has 2 aromatic rings. The van der Waals surface area contributed by atoms with Gasteiger partial charge < -0.3 is 0 Å². The summed E-state index contributed by atoms with van der Waals surface area (Å²) in [5.74, 6) is -1.29. The van der Waals surface area contributed by atoms with Gasteiger partial charge in [0.05, 0.1) is 5.56 Å². The molecular formula is C9H3F4IN2S. The quantitative estimate of drug-likeness (QED) is 0.558. The van der Waals surface area contributed by atoms with E-state index in [0.29, 0.717) is 8.02 Å². The minimum absolute atomic E-state index is 0.208. The van der Waals surface area contributed by atoms with Crippen molar-refractivity contribution in [3.8, 4) is 10.6 Å². The van der Waals surface area contributed by atoms with Gasteiger partial charge in [-0.15, -0.1) is 10.2 Å². The summed E-state index contributed by atoms with van der Waals surface area (Å²) in [6.07, 6.45) is -4.71. The Bertz CT molecular complexity index is 552. The Morgan fingerprint density at radius 3 is 2.41 bits per heavy atom. The van der Waals surface area contributed by atoms with E-state index in [1.54, 1.807) is 0 Å². The Morgan fingerprint density at radius 1 is 1.18 bits per heavy atom. The van der Waals surface area contributed by atoms with Crippen LogP contribution >= 0.6 is 33.9 Å². The molecule has 0 amide bonds. The van der Waals surface area contributed by atoms with E-state index in [0.717, 1.165) is 23.5 Å². The van der Waals surface area contributed by atoms with Crippen LogP contribution in [0.1, 0.15) is 5.56 Å².